The van der Waals surface area contributed by atoms with E-state index in [1.54, 1.807) is 0 Å². The zero-order chi connectivity index (χ0) is 20.1. The van der Waals surface area contributed by atoms with Crippen molar-refractivity contribution in [3.63, 3.8) is 0 Å². The third-order valence-electron chi connectivity index (χ3n) is 4.22. The number of aromatic nitrogens is 2. The van der Waals surface area contributed by atoms with Gasteiger partial charge in [0.15, 0.2) is 6.23 Å². The Balaban J connectivity index is 1.94. The number of aliphatic hydroxyl groups excluding tert-OH is 2. The van der Waals surface area contributed by atoms with E-state index in [1.165, 1.54) is 0 Å². The molecule has 2 heterocycles. The molecule has 1 aliphatic heterocycles. The molecule has 1 aromatic heterocycles. The summed E-state index contributed by atoms with van der Waals surface area (Å²) in [5, 5.41) is 37.8. The molecular weight excluding hydrogens is 364 g/mol. The first-order valence-electron chi connectivity index (χ1n) is 8.20. The zero-order valence-corrected chi connectivity index (χ0v) is 14.1. The average Bonchev–Trinajstić information content (AvgIpc) is 2.85. The van der Waals surface area contributed by atoms with Crippen molar-refractivity contribution in [1.82, 2.24) is 9.55 Å². The van der Waals surface area contributed by atoms with Crippen LogP contribution in [0.2, 0.25) is 0 Å². The summed E-state index contributed by atoms with van der Waals surface area (Å²) in [4.78, 5) is 46.5. The maximum Gasteiger partial charge on any atom is 0.331 e. The lowest BCUT2D eigenvalue weighted by Gasteiger charge is -2.16. The Labute approximate surface area is 152 Å². The molecule has 11 heteroatoms. The van der Waals surface area contributed by atoms with Crippen LogP contribution >= 0.6 is 0 Å². The molecule has 1 fully saturated rings. The van der Waals surface area contributed by atoms with Gasteiger partial charge in [0.1, 0.15) is 12.2 Å². The average molecular weight is 384 g/mol. The van der Waals surface area contributed by atoms with E-state index >= 15 is 0 Å². The zero-order valence-electron chi connectivity index (χ0n) is 14.1. The first-order chi connectivity index (χ1) is 12.7. The molecule has 0 unspecified atom stereocenters. The molecule has 0 amide bonds. The van der Waals surface area contributed by atoms with Gasteiger partial charge in [-0.2, -0.15) is 0 Å². The SMILES string of the molecule is O=C(O)/C=C(/CCCC[C@H]1O[C@@H](n2ccc(=O)[nH]c2=O)[C@H](O)[C@@H]1O)C(=O)O. The maximum atomic E-state index is 11.8. The van der Waals surface area contributed by atoms with Crippen LogP contribution in [0.5, 0.6) is 0 Å². The molecule has 0 saturated carbocycles. The number of nitrogens with one attached hydrogen (secondary N) is 1. The highest BCUT2D eigenvalue weighted by molar-refractivity contribution is 5.94. The van der Waals surface area contributed by atoms with Gasteiger partial charge in [-0.1, -0.05) is 6.42 Å². The van der Waals surface area contributed by atoms with Gasteiger partial charge in [-0.3, -0.25) is 14.3 Å². The van der Waals surface area contributed by atoms with Gasteiger partial charge >= 0.3 is 17.6 Å². The molecule has 0 aromatic carbocycles. The topological polar surface area (TPSA) is 179 Å². The van der Waals surface area contributed by atoms with Crippen LogP contribution < -0.4 is 11.2 Å². The van der Waals surface area contributed by atoms with Crippen LogP contribution in [0.4, 0.5) is 0 Å². The molecule has 1 saturated heterocycles. The predicted molar refractivity (Wildman–Crippen MR) is 89.1 cm³/mol. The highest BCUT2D eigenvalue weighted by Gasteiger charge is 2.43. The van der Waals surface area contributed by atoms with E-state index in [9.17, 15) is 29.4 Å². The van der Waals surface area contributed by atoms with Crippen molar-refractivity contribution in [1.29, 1.82) is 0 Å². The van der Waals surface area contributed by atoms with E-state index < -0.39 is 47.7 Å². The van der Waals surface area contributed by atoms with Crippen molar-refractivity contribution < 1.29 is 34.8 Å². The molecule has 27 heavy (non-hydrogen) atoms. The van der Waals surface area contributed by atoms with E-state index in [-0.39, 0.29) is 18.4 Å². The van der Waals surface area contributed by atoms with Crippen LogP contribution in [0.3, 0.4) is 0 Å². The number of H-pyrrole nitrogens is 1. The fourth-order valence-corrected chi connectivity index (χ4v) is 2.88. The van der Waals surface area contributed by atoms with Crippen LogP contribution in [0.1, 0.15) is 31.9 Å². The summed E-state index contributed by atoms with van der Waals surface area (Å²) in [5.74, 6) is -2.67. The second-order valence-corrected chi connectivity index (χ2v) is 6.12. The van der Waals surface area contributed by atoms with Gasteiger partial charge in [-0.25, -0.2) is 14.4 Å². The number of aromatic amines is 1. The van der Waals surface area contributed by atoms with Crippen LogP contribution in [0, 0.1) is 0 Å². The van der Waals surface area contributed by atoms with Crippen LogP contribution in [0.15, 0.2) is 33.5 Å². The van der Waals surface area contributed by atoms with Crippen molar-refractivity contribution in [2.75, 3.05) is 0 Å². The van der Waals surface area contributed by atoms with Crippen molar-refractivity contribution in [3.8, 4) is 0 Å². The minimum atomic E-state index is -1.39. The number of rotatable bonds is 8. The highest BCUT2D eigenvalue weighted by Crippen LogP contribution is 2.31. The number of carboxylic acid groups (broad SMARTS) is 2. The quantitative estimate of drug-likeness (QED) is 0.272. The van der Waals surface area contributed by atoms with Crippen LogP contribution in [0.25, 0.3) is 0 Å². The number of aliphatic hydroxyl groups is 2. The lowest BCUT2D eigenvalue weighted by Crippen LogP contribution is -2.37. The molecule has 0 bridgehead atoms. The maximum absolute atomic E-state index is 11.8. The van der Waals surface area contributed by atoms with Gasteiger partial charge in [0, 0.05) is 23.9 Å². The van der Waals surface area contributed by atoms with E-state index in [1.807, 2.05) is 4.98 Å². The fourth-order valence-electron chi connectivity index (χ4n) is 2.88. The van der Waals surface area contributed by atoms with Gasteiger partial charge in [-0.15, -0.1) is 0 Å². The van der Waals surface area contributed by atoms with Crippen molar-refractivity contribution in [3.05, 3.63) is 44.8 Å². The van der Waals surface area contributed by atoms with E-state index in [0.29, 0.717) is 18.9 Å². The summed E-state index contributed by atoms with van der Waals surface area (Å²) in [6, 6.07) is 1.08. The number of carbonyl (C=O) groups is 2. The Morgan fingerprint density at radius 2 is 1.89 bits per heavy atom. The van der Waals surface area contributed by atoms with Gasteiger partial charge in [0.25, 0.3) is 5.56 Å². The molecule has 0 spiro atoms. The number of unbranched alkanes of at least 4 members (excludes halogenated alkanes) is 1. The smallest absolute Gasteiger partial charge is 0.331 e. The van der Waals surface area contributed by atoms with E-state index in [2.05, 4.69) is 0 Å². The molecule has 4 atom stereocenters. The van der Waals surface area contributed by atoms with Crippen molar-refractivity contribution in [2.45, 2.75) is 50.2 Å². The van der Waals surface area contributed by atoms with Crippen molar-refractivity contribution in [2.24, 2.45) is 0 Å². The molecule has 2 rings (SSSR count). The molecule has 5 N–H and O–H groups in total. The predicted octanol–water partition coefficient (Wildman–Crippen LogP) is -1.19. The van der Waals surface area contributed by atoms with Gasteiger partial charge in [0.05, 0.1) is 6.10 Å². The number of hydrogen-bond donors (Lipinski definition) is 5. The van der Waals surface area contributed by atoms with Gasteiger partial charge in [-0.05, 0) is 19.3 Å². The standard InChI is InChI=1S/C16H20N2O9/c19-10-5-6-18(16(26)17-10)14-13(23)12(22)9(27-14)4-2-1-3-8(15(24)25)7-11(20)21/h5-7,9,12-14,22-23H,1-4H2,(H,20,21)(H,24,25)(H,17,19,26)/b8-7-/t9-,12-,13-,14-/m1/s1. The molecule has 1 aliphatic rings. The third kappa shape index (κ3) is 5.12. The minimum Gasteiger partial charge on any atom is -0.478 e. The van der Waals surface area contributed by atoms with E-state index in [0.717, 1.165) is 16.8 Å². The normalized spacial score (nSPS) is 25.5. The second kappa shape index (κ2) is 8.75. The highest BCUT2D eigenvalue weighted by atomic mass is 16.6. The second-order valence-electron chi connectivity index (χ2n) is 6.12. The largest absolute Gasteiger partial charge is 0.478 e. The van der Waals surface area contributed by atoms with Crippen LogP contribution in [-0.2, 0) is 14.3 Å². The Kier molecular flexibility index (Phi) is 6.66. The fraction of sp³-hybridized carbons (Fsp3) is 0.500. The molecule has 148 valence electrons. The lowest BCUT2D eigenvalue weighted by atomic mass is 10.0. The molecular formula is C16H20N2O9. The molecule has 1 aromatic rings. The molecule has 11 nitrogen and oxygen atoms in total. The first-order valence-corrected chi connectivity index (χ1v) is 8.20. The lowest BCUT2D eigenvalue weighted by molar-refractivity contribution is -0.135. The summed E-state index contributed by atoms with van der Waals surface area (Å²) in [6.07, 6.45) is -1.85. The summed E-state index contributed by atoms with van der Waals surface area (Å²) in [6.45, 7) is 0. The van der Waals surface area contributed by atoms with E-state index in [4.69, 9.17) is 14.9 Å². The Morgan fingerprint density at radius 3 is 2.48 bits per heavy atom. The molecule has 0 radical (unpaired) electrons. The summed E-state index contributed by atoms with van der Waals surface area (Å²) in [5.41, 5.74) is -1.64. The van der Waals surface area contributed by atoms with Gasteiger partial charge < -0.3 is 25.2 Å². The number of hydrogen-bond acceptors (Lipinski definition) is 7. The number of aliphatic carboxylic acids is 2. The minimum absolute atomic E-state index is 0.0236. The van der Waals surface area contributed by atoms with Crippen molar-refractivity contribution >= 4 is 11.9 Å². The Bertz CT molecular complexity index is 841. The molecule has 0 aliphatic carbocycles. The monoisotopic (exact) mass is 384 g/mol. The summed E-state index contributed by atoms with van der Waals surface area (Å²) >= 11 is 0. The Hall–Kier alpha value is -2.76. The first kappa shape index (κ1) is 20.6. The number of nitrogens with zero attached hydrogens (tertiary/aromatic N) is 1. The number of carboxylic acids is 2. The van der Waals surface area contributed by atoms with Crippen LogP contribution in [-0.4, -0.2) is 60.2 Å². The van der Waals surface area contributed by atoms with Gasteiger partial charge in [0.2, 0.25) is 0 Å². The number of ether oxygens (including phenoxy) is 1. The summed E-state index contributed by atoms with van der Waals surface area (Å²) < 4.78 is 6.49. The third-order valence-corrected chi connectivity index (χ3v) is 4.22. The summed E-state index contributed by atoms with van der Waals surface area (Å²) in [7, 11) is 0. The Morgan fingerprint density at radius 1 is 1.19 bits per heavy atom.